The van der Waals surface area contributed by atoms with Crippen LogP contribution in [0.1, 0.15) is 13.8 Å². The highest BCUT2D eigenvalue weighted by atomic mass is 16.5. The fourth-order valence-corrected chi connectivity index (χ4v) is 0.971. The van der Waals surface area contributed by atoms with Crippen molar-refractivity contribution in [2.45, 2.75) is 19.9 Å². The minimum absolute atomic E-state index is 0.0367. The quantitative estimate of drug-likeness (QED) is 0.581. The summed E-state index contributed by atoms with van der Waals surface area (Å²) in [6, 6.07) is 5.30. The van der Waals surface area contributed by atoms with E-state index in [2.05, 4.69) is 0 Å². The fraction of sp³-hybridized carbons (Fsp3) is 0.364. The highest BCUT2D eigenvalue weighted by Crippen LogP contribution is 2.16. The zero-order valence-electron chi connectivity index (χ0n) is 8.81. The van der Waals surface area contributed by atoms with Gasteiger partial charge in [0, 0.05) is 0 Å². The Balaban J connectivity index is 2.62. The second-order valence-corrected chi connectivity index (χ2v) is 3.68. The maximum atomic E-state index is 11.4. The highest BCUT2D eigenvalue weighted by molar-refractivity contribution is 5.78. The number of ether oxygens (including phenoxy) is 1. The predicted octanol–water partition coefficient (Wildman–Crippen LogP) is 1.28. The molecule has 0 amide bonds. The van der Waals surface area contributed by atoms with Crippen LogP contribution in [-0.2, 0) is 4.79 Å². The summed E-state index contributed by atoms with van der Waals surface area (Å²) < 4.78 is 5.02. The van der Waals surface area contributed by atoms with Crippen molar-refractivity contribution in [3.8, 4) is 11.5 Å². The molecule has 1 atom stereocenters. The number of aromatic hydroxyl groups is 1. The maximum absolute atomic E-state index is 11.4. The van der Waals surface area contributed by atoms with Crippen LogP contribution in [0.2, 0.25) is 0 Å². The summed E-state index contributed by atoms with van der Waals surface area (Å²) in [4.78, 5) is 11.4. The largest absolute Gasteiger partial charge is 0.508 e. The Labute approximate surface area is 88.7 Å². The molecule has 15 heavy (non-hydrogen) atoms. The third-order valence-corrected chi connectivity index (χ3v) is 2.05. The number of nitrogens with two attached hydrogens (primary N) is 1. The third-order valence-electron chi connectivity index (χ3n) is 2.05. The lowest BCUT2D eigenvalue weighted by molar-refractivity contribution is -0.136. The summed E-state index contributed by atoms with van der Waals surface area (Å²) >= 11 is 0. The molecule has 0 aliphatic heterocycles. The molecule has 4 nitrogen and oxygen atoms in total. The number of esters is 1. The predicted molar refractivity (Wildman–Crippen MR) is 56.6 cm³/mol. The smallest absolute Gasteiger partial charge is 0.328 e. The molecule has 0 aliphatic carbocycles. The zero-order valence-corrected chi connectivity index (χ0v) is 8.81. The molecule has 82 valence electrons. The van der Waals surface area contributed by atoms with Crippen LogP contribution in [-0.4, -0.2) is 17.1 Å². The van der Waals surface area contributed by atoms with Gasteiger partial charge >= 0.3 is 5.97 Å². The zero-order chi connectivity index (χ0) is 11.4. The van der Waals surface area contributed by atoms with E-state index in [1.807, 2.05) is 13.8 Å². The second kappa shape index (κ2) is 4.79. The van der Waals surface area contributed by atoms with Crippen molar-refractivity contribution in [2.24, 2.45) is 11.7 Å². The minimum Gasteiger partial charge on any atom is -0.508 e. The summed E-state index contributed by atoms with van der Waals surface area (Å²) in [5.41, 5.74) is 5.61. The molecule has 1 aromatic carbocycles. The van der Waals surface area contributed by atoms with E-state index in [4.69, 9.17) is 15.6 Å². The SMILES string of the molecule is CC(C)[C@H](N)C(=O)Oc1ccc(O)cc1. The molecule has 1 rings (SSSR count). The molecular weight excluding hydrogens is 194 g/mol. The lowest BCUT2D eigenvalue weighted by atomic mass is 10.1. The molecule has 4 heteroatoms. The molecule has 0 bridgehead atoms. The van der Waals surface area contributed by atoms with Gasteiger partial charge in [0.15, 0.2) is 0 Å². The van der Waals surface area contributed by atoms with E-state index in [0.717, 1.165) is 0 Å². The number of hydrogen-bond acceptors (Lipinski definition) is 4. The third kappa shape index (κ3) is 3.25. The molecule has 0 radical (unpaired) electrons. The van der Waals surface area contributed by atoms with Gasteiger partial charge in [-0.3, -0.25) is 0 Å². The van der Waals surface area contributed by atoms with Crippen LogP contribution in [0, 0.1) is 5.92 Å². The van der Waals surface area contributed by atoms with Crippen LogP contribution in [0.5, 0.6) is 11.5 Å². The Bertz CT molecular complexity index is 332. The number of phenols is 1. The van der Waals surface area contributed by atoms with Crippen LogP contribution >= 0.6 is 0 Å². The summed E-state index contributed by atoms with van der Waals surface area (Å²) in [5.74, 6) is 0.0853. The van der Waals surface area contributed by atoms with Crippen LogP contribution in [0.25, 0.3) is 0 Å². The second-order valence-electron chi connectivity index (χ2n) is 3.68. The van der Waals surface area contributed by atoms with Crippen molar-refractivity contribution >= 4 is 5.97 Å². The van der Waals surface area contributed by atoms with Gasteiger partial charge in [0.25, 0.3) is 0 Å². The van der Waals surface area contributed by atoms with Crippen LogP contribution < -0.4 is 10.5 Å². The van der Waals surface area contributed by atoms with E-state index in [1.54, 1.807) is 0 Å². The standard InChI is InChI=1S/C11H15NO3/c1-7(2)10(12)11(14)15-9-5-3-8(13)4-6-9/h3-7,10,13H,12H2,1-2H3/t10-/m0/s1. The highest BCUT2D eigenvalue weighted by Gasteiger charge is 2.19. The van der Waals surface area contributed by atoms with Gasteiger partial charge in [-0.1, -0.05) is 13.8 Å². The van der Waals surface area contributed by atoms with Gasteiger partial charge in [-0.25, -0.2) is 4.79 Å². The van der Waals surface area contributed by atoms with Crippen molar-refractivity contribution in [1.29, 1.82) is 0 Å². The molecule has 0 unspecified atom stereocenters. The average Bonchev–Trinajstić information content (AvgIpc) is 2.20. The first-order chi connectivity index (χ1) is 7.00. The first-order valence-electron chi connectivity index (χ1n) is 4.77. The van der Waals surface area contributed by atoms with E-state index in [-0.39, 0.29) is 11.7 Å². The van der Waals surface area contributed by atoms with Gasteiger partial charge in [-0.15, -0.1) is 0 Å². The average molecular weight is 209 g/mol. The van der Waals surface area contributed by atoms with E-state index < -0.39 is 12.0 Å². The number of carbonyl (C=O) groups is 1. The summed E-state index contributed by atoms with van der Waals surface area (Å²) in [6.07, 6.45) is 0. The van der Waals surface area contributed by atoms with E-state index in [0.29, 0.717) is 5.75 Å². The number of hydrogen-bond donors (Lipinski definition) is 2. The van der Waals surface area contributed by atoms with Crippen LogP contribution in [0.4, 0.5) is 0 Å². The Hall–Kier alpha value is -1.55. The summed E-state index contributed by atoms with van der Waals surface area (Å²) in [7, 11) is 0. The summed E-state index contributed by atoms with van der Waals surface area (Å²) in [6.45, 7) is 3.70. The fourth-order valence-electron chi connectivity index (χ4n) is 0.971. The molecule has 0 heterocycles. The normalized spacial score (nSPS) is 12.5. The van der Waals surface area contributed by atoms with Gasteiger partial charge in [-0.2, -0.15) is 0 Å². The van der Waals surface area contributed by atoms with E-state index in [9.17, 15) is 4.79 Å². The molecular formula is C11H15NO3. The molecule has 0 aliphatic rings. The Morgan fingerprint density at radius 3 is 2.33 bits per heavy atom. The van der Waals surface area contributed by atoms with Crippen molar-refractivity contribution < 1.29 is 14.6 Å². The lowest BCUT2D eigenvalue weighted by Gasteiger charge is -2.13. The van der Waals surface area contributed by atoms with Crippen molar-refractivity contribution in [3.63, 3.8) is 0 Å². The minimum atomic E-state index is -0.626. The van der Waals surface area contributed by atoms with Gasteiger partial charge in [0.2, 0.25) is 0 Å². The monoisotopic (exact) mass is 209 g/mol. The van der Waals surface area contributed by atoms with E-state index >= 15 is 0 Å². The summed E-state index contributed by atoms with van der Waals surface area (Å²) in [5, 5.41) is 9.02. The Morgan fingerprint density at radius 2 is 1.87 bits per heavy atom. The van der Waals surface area contributed by atoms with Crippen LogP contribution in [0.3, 0.4) is 0 Å². The molecule has 1 aromatic rings. The number of carbonyl (C=O) groups excluding carboxylic acids is 1. The van der Waals surface area contributed by atoms with Crippen LogP contribution in [0.15, 0.2) is 24.3 Å². The van der Waals surface area contributed by atoms with Crippen molar-refractivity contribution in [2.75, 3.05) is 0 Å². The molecule has 0 saturated carbocycles. The maximum Gasteiger partial charge on any atom is 0.328 e. The molecule has 0 saturated heterocycles. The first kappa shape index (κ1) is 11.5. The van der Waals surface area contributed by atoms with Gasteiger partial charge in [0.1, 0.15) is 17.5 Å². The molecule has 0 fully saturated rings. The van der Waals surface area contributed by atoms with Gasteiger partial charge in [0.05, 0.1) is 0 Å². The molecule has 0 aromatic heterocycles. The number of benzene rings is 1. The van der Waals surface area contributed by atoms with E-state index in [1.165, 1.54) is 24.3 Å². The lowest BCUT2D eigenvalue weighted by Crippen LogP contribution is -2.38. The molecule has 3 N–H and O–H groups in total. The van der Waals surface area contributed by atoms with Gasteiger partial charge in [-0.05, 0) is 30.2 Å². The molecule has 0 spiro atoms. The van der Waals surface area contributed by atoms with Crippen molar-refractivity contribution in [3.05, 3.63) is 24.3 Å². The van der Waals surface area contributed by atoms with Gasteiger partial charge < -0.3 is 15.6 Å². The van der Waals surface area contributed by atoms with Crippen molar-refractivity contribution in [1.82, 2.24) is 0 Å². The Kier molecular flexibility index (Phi) is 3.68. The topological polar surface area (TPSA) is 72.6 Å². The number of phenolic OH excluding ortho intramolecular Hbond substituents is 1. The first-order valence-corrected chi connectivity index (χ1v) is 4.77. The Morgan fingerprint density at radius 1 is 1.33 bits per heavy atom. The number of rotatable bonds is 3.